The lowest BCUT2D eigenvalue weighted by atomic mass is 10.1. The zero-order valence-electron chi connectivity index (χ0n) is 11.6. The van der Waals surface area contributed by atoms with Gasteiger partial charge in [0.1, 0.15) is 0 Å². The first-order chi connectivity index (χ1) is 8.22. The van der Waals surface area contributed by atoms with Crippen molar-refractivity contribution in [2.24, 2.45) is 0 Å². The third-order valence-corrected chi connectivity index (χ3v) is 2.64. The fourth-order valence-corrected chi connectivity index (χ4v) is 1.63. The van der Waals surface area contributed by atoms with Crippen LogP contribution in [0, 0.1) is 0 Å². The van der Waals surface area contributed by atoms with Crippen LogP contribution in [0.15, 0.2) is 37.0 Å². The molecule has 17 heavy (non-hydrogen) atoms. The molecule has 1 heterocycles. The van der Waals surface area contributed by atoms with Crippen molar-refractivity contribution in [3.8, 4) is 0 Å². The standard InChI is InChI=1S/C13H21NO.C2H6/c1-4-5-6-12(2)11-15-13-7-9-14(3)10-8-13;1-2/h4-6,13H,1-2,7-11H2,3H3;1-2H3/b6-5-;. The molecule has 0 saturated carbocycles. The van der Waals surface area contributed by atoms with E-state index < -0.39 is 0 Å². The fraction of sp³-hybridized carbons (Fsp3) is 0.600. The quantitative estimate of drug-likeness (QED) is 0.679. The summed E-state index contributed by atoms with van der Waals surface area (Å²) < 4.78 is 5.78. The van der Waals surface area contributed by atoms with Gasteiger partial charge in [0.2, 0.25) is 0 Å². The highest BCUT2D eigenvalue weighted by Gasteiger charge is 2.16. The summed E-state index contributed by atoms with van der Waals surface area (Å²) in [5.74, 6) is 0. The summed E-state index contributed by atoms with van der Waals surface area (Å²) in [6.45, 7) is 14.5. The van der Waals surface area contributed by atoms with Crippen molar-refractivity contribution in [1.82, 2.24) is 4.90 Å². The zero-order valence-corrected chi connectivity index (χ0v) is 11.6. The van der Waals surface area contributed by atoms with Crippen LogP contribution in [-0.2, 0) is 4.74 Å². The van der Waals surface area contributed by atoms with Gasteiger partial charge < -0.3 is 9.64 Å². The first-order valence-electron chi connectivity index (χ1n) is 6.49. The minimum atomic E-state index is 0.412. The Morgan fingerprint density at radius 3 is 2.47 bits per heavy atom. The van der Waals surface area contributed by atoms with E-state index in [0.29, 0.717) is 12.7 Å². The molecule has 0 bridgehead atoms. The van der Waals surface area contributed by atoms with Crippen LogP contribution in [-0.4, -0.2) is 37.7 Å². The van der Waals surface area contributed by atoms with E-state index in [4.69, 9.17) is 4.74 Å². The lowest BCUT2D eigenvalue weighted by Crippen LogP contribution is -2.34. The Balaban J connectivity index is 0.00000121. The van der Waals surface area contributed by atoms with E-state index in [9.17, 15) is 0 Å². The highest BCUT2D eigenvalue weighted by atomic mass is 16.5. The van der Waals surface area contributed by atoms with E-state index in [-0.39, 0.29) is 0 Å². The Morgan fingerprint density at radius 1 is 1.35 bits per heavy atom. The number of hydrogen-bond donors (Lipinski definition) is 0. The first kappa shape index (κ1) is 16.1. The molecule has 1 aliphatic heterocycles. The Hall–Kier alpha value is -0.860. The van der Waals surface area contributed by atoms with Gasteiger partial charge in [0.05, 0.1) is 12.7 Å². The third kappa shape index (κ3) is 7.94. The van der Waals surface area contributed by atoms with Gasteiger partial charge in [-0.15, -0.1) is 0 Å². The largest absolute Gasteiger partial charge is 0.373 e. The number of rotatable bonds is 5. The summed E-state index contributed by atoms with van der Waals surface area (Å²) >= 11 is 0. The first-order valence-corrected chi connectivity index (χ1v) is 6.49. The lowest BCUT2D eigenvalue weighted by Gasteiger charge is -2.28. The van der Waals surface area contributed by atoms with Crippen molar-refractivity contribution in [3.05, 3.63) is 37.0 Å². The molecule has 2 nitrogen and oxygen atoms in total. The van der Waals surface area contributed by atoms with Crippen molar-refractivity contribution >= 4 is 0 Å². The van der Waals surface area contributed by atoms with Crippen LogP contribution in [0.25, 0.3) is 0 Å². The average molecular weight is 237 g/mol. The number of piperidine rings is 1. The SMILES string of the molecule is C=C/C=C\C(=C)COC1CCN(C)CC1.CC. The topological polar surface area (TPSA) is 12.5 Å². The van der Waals surface area contributed by atoms with E-state index >= 15 is 0 Å². The Labute approximate surface area is 107 Å². The second-order valence-electron chi connectivity index (χ2n) is 4.07. The monoisotopic (exact) mass is 237 g/mol. The van der Waals surface area contributed by atoms with E-state index in [2.05, 4.69) is 25.1 Å². The van der Waals surface area contributed by atoms with Crippen LogP contribution >= 0.6 is 0 Å². The molecule has 0 spiro atoms. The maximum absolute atomic E-state index is 5.78. The van der Waals surface area contributed by atoms with Gasteiger partial charge in [-0.1, -0.05) is 45.2 Å². The Morgan fingerprint density at radius 2 is 1.94 bits per heavy atom. The van der Waals surface area contributed by atoms with Crippen LogP contribution in [0.1, 0.15) is 26.7 Å². The minimum absolute atomic E-state index is 0.412. The average Bonchev–Trinajstić information content (AvgIpc) is 2.38. The second kappa shape index (κ2) is 10.3. The lowest BCUT2D eigenvalue weighted by molar-refractivity contribution is 0.0257. The highest BCUT2D eigenvalue weighted by molar-refractivity contribution is 5.18. The maximum Gasteiger partial charge on any atom is 0.0714 e. The number of allylic oxidation sites excluding steroid dienone is 2. The van der Waals surface area contributed by atoms with E-state index in [1.54, 1.807) is 6.08 Å². The summed E-state index contributed by atoms with van der Waals surface area (Å²) in [4.78, 5) is 2.34. The van der Waals surface area contributed by atoms with Gasteiger partial charge in [-0.05, 0) is 25.5 Å². The zero-order chi connectivity index (χ0) is 13.1. The van der Waals surface area contributed by atoms with Gasteiger partial charge in [0.15, 0.2) is 0 Å². The molecule has 0 N–H and O–H groups in total. The molecule has 0 aromatic rings. The molecule has 0 aromatic heterocycles. The number of ether oxygens (including phenoxy) is 1. The molecule has 1 fully saturated rings. The highest BCUT2D eigenvalue weighted by Crippen LogP contribution is 2.13. The van der Waals surface area contributed by atoms with Crippen LogP contribution < -0.4 is 0 Å². The summed E-state index contributed by atoms with van der Waals surface area (Å²) in [5.41, 5.74) is 1.01. The molecule has 1 aliphatic rings. The third-order valence-electron chi connectivity index (χ3n) is 2.64. The summed E-state index contributed by atoms with van der Waals surface area (Å²) in [7, 11) is 2.15. The number of nitrogens with zero attached hydrogens (tertiary/aromatic N) is 1. The van der Waals surface area contributed by atoms with Gasteiger partial charge in [-0.25, -0.2) is 0 Å². The van der Waals surface area contributed by atoms with Crippen molar-refractivity contribution in [3.63, 3.8) is 0 Å². The molecular weight excluding hydrogens is 210 g/mol. The molecule has 2 heteroatoms. The smallest absolute Gasteiger partial charge is 0.0714 e. The van der Waals surface area contributed by atoms with Gasteiger partial charge >= 0.3 is 0 Å². The van der Waals surface area contributed by atoms with E-state index in [0.717, 1.165) is 31.5 Å². The molecule has 0 unspecified atom stereocenters. The van der Waals surface area contributed by atoms with Crippen LogP contribution in [0.2, 0.25) is 0 Å². The molecule has 0 atom stereocenters. The molecule has 0 amide bonds. The normalized spacial score (nSPS) is 17.6. The van der Waals surface area contributed by atoms with Crippen molar-refractivity contribution in [2.75, 3.05) is 26.7 Å². The van der Waals surface area contributed by atoms with Gasteiger partial charge in [-0.2, -0.15) is 0 Å². The maximum atomic E-state index is 5.78. The number of hydrogen-bond acceptors (Lipinski definition) is 2. The summed E-state index contributed by atoms with van der Waals surface area (Å²) in [6, 6.07) is 0. The van der Waals surface area contributed by atoms with Gasteiger partial charge in [-0.3, -0.25) is 0 Å². The van der Waals surface area contributed by atoms with Crippen LogP contribution in [0.4, 0.5) is 0 Å². The van der Waals surface area contributed by atoms with Gasteiger partial charge in [0.25, 0.3) is 0 Å². The molecule has 0 aliphatic carbocycles. The molecule has 1 rings (SSSR count). The second-order valence-corrected chi connectivity index (χ2v) is 4.07. The van der Waals surface area contributed by atoms with Gasteiger partial charge in [0, 0.05) is 13.1 Å². The van der Waals surface area contributed by atoms with Crippen molar-refractivity contribution < 1.29 is 4.74 Å². The predicted octanol–water partition coefficient (Wildman–Crippen LogP) is 3.42. The molecule has 0 aromatic carbocycles. The van der Waals surface area contributed by atoms with Crippen LogP contribution in [0.5, 0.6) is 0 Å². The molecule has 98 valence electrons. The van der Waals surface area contributed by atoms with E-state index in [1.165, 1.54) is 0 Å². The fourth-order valence-electron chi connectivity index (χ4n) is 1.63. The molecular formula is C15H27NO. The Kier molecular flexibility index (Phi) is 9.78. The van der Waals surface area contributed by atoms with Crippen molar-refractivity contribution in [2.45, 2.75) is 32.8 Å². The number of likely N-dealkylation sites (tertiary alicyclic amines) is 1. The van der Waals surface area contributed by atoms with Crippen molar-refractivity contribution in [1.29, 1.82) is 0 Å². The predicted molar refractivity (Wildman–Crippen MR) is 76.3 cm³/mol. The van der Waals surface area contributed by atoms with Crippen LogP contribution in [0.3, 0.4) is 0 Å². The summed E-state index contributed by atoms with van der Waals surface area (Å²) in [5, 5.41) is 0. The Bertz CT molecular complexity index is 237. The summed E-state index contributed by atoms with van der Waals surface area (Å²) in [6.07, 6.45) is 8.27. The minimum Gasteiger partial charge on any atom is -0.373 e. The van der Waals surface area contributed by atoms with E-state index in [1.807, 2.05) is 26.0 Å². The molecule has 0 radical (unpaired) electrons. The molecule has 1 saturated heterocycles.